The van der Waals surface area contributed by atoms with Crippen molar-refractivity contribution in [2.45, 2.75) is 22.9 Å². The average Bonchev–Trinajstić information content (AvgIpc) is 2.36. The van der Waals surface area contributed by atoms with Gasteiger partial charge in [-0.1, -0.05) is 23.2 Å². The molecule has 0 radical (unpaired) electrons. The van der Waals surface area contributed by atoms with Gasteiger partial charge in [-0.3, -0.25) is 9.69 Å². The topological polar surface area (TPSA) is 72.6 Å². The summed E-state index contributed by atoms with van der Waals surface area (Å²) in [7, 11) is 0. The quantitative estimate of drug-likeness (QED) is 0.458. The first-order chi connectivity index (χ1) is 8.78. The summed E-state index contributed by atoms with van der Waals surface area (Å²) in [5, 5.41) is -0.241. The second kappa shape index (κ2) is 6.50. The smallest absolute Gasteiger partial charge is 0.357 e. The predicted octanol–water partition coefficient (Wildman–Crippen LogP) is 1.84. The first-order valence-electron chi connectivity index (χ1n) is 5.35. The molecular formula is C10H12Cl4N2O3S. The number of carbonyl (C=O) groups is 2. The Morgan fingerprint density at radius 1 is 1.60 bits per heavy atom. The van der Waals surface area contributed by atoms with Gasteiger partial charge in [-0.25, -0.2) is 4.79 Å². The first-order valence-corrected chi connectivity index (χ1v) is 7.69. The molecule has 2 heterocycles. The normalized spacial score (nSPS) is 25.6. The van der Waals surface area contributed by atoms with E-state index in [9.17, 15) is 9.59 Å². The van der Waals surface area contributed by atoms with Crippen LogP contribution in [0.2, 0.25) is 0 Å². The maximum absolute atomic E-state index is 12.1. The van der Waals surface area contributed by atoms with Crippen LogP contribution in [0, 0.1) is 0 Å². The minimum atomic E-state index is -1.82. The maximum atomic E-state index is 12.1. The minimum absolute atomic E-state index is 0. The van der Waals surface area contributed by atoms with Crippen molar-refractivity contribution in [3.8, 4) is 0 Å². The van der Waals surface area contributed by atoms with Crippen molar-refractivity contribution in [2.75, 3.05) is 11.6 Å². The second-order valence-electron chi connectivity index (χ2n) is 4.23. The lowest BCUT2D eigenvalue weighted by Gasteiger charge is -2.48. The van der Waals surface area contributed by atoms with Gasteiger partial charge in [-0.05, 0) is 12.5 Å². The van der Waals surface area contributed by atoms with Gasteiger partial charge in [0.15, 0.2) is 0 Å². The van der Waals surface area contributed by atoms with Gasteiger partial charge >= 0.3 is 5.97 Å². The molecule has 10 heteroatoms. The van der Waals surface area contributed by atoms with E-state index < -0.39 is 16.5 Å². The number of rotatable bonds is 3. The zero-order valence-electron chi connectivity index (χ0n) is 10.3. The zero-order valence-corrected chi connectivity index (χ0v) is 14.2. The Balaban J connectivity index is 0.00000200. The van der Waals surface area contributed by atoms with Crippen molar-refractivity contribution in [3.05, 3.63) is 11.3 Å². The number of alkyl halides is 3. The van der Waals surface area contributed by atoms with E-state index in [1.54, 1.807) is 6.92 Å². The Labute approximate surface area is 141 Å². The first kappa shape index (κ1) is 18.2. The molecule has 2 rings (SSSR count). The van der Waals surface area contributed by atoms with Crippen molar-refractivity contribution in [1.82, 2.24) is 4.90 Å². The third-order valence-electron chi connectivity index (χ3n) is 2.79. The van der Waals surface area contributed by atoms with Gasteiger partial charge in [0, 0.05) is 5.75 Å². The number of hydrogen-bond acceptors (Lipinski definition) is 5. The number of nitrogens with zero attached hydrogens (tertiary/aromatic N) is 1. The van der Waals surface area contributed by atoms with Gasteiger partial charge < -0.3 is 10.5 Å². The number of carbonyl (C=O) groups excluding carboxylic acids is 2. The third kappa shape index (κ3) is 3.15. The fourth-order valence-electron chi connectivity index (χ4n) is 1.87. The minimum Gasteiger partial charge on any atom is -0.423 e. The molecule has 5 nitrogen and oxygen atoms in total. The SMILES string of the molecule is CC1=C(C(=O)OC(Cl)(Cl)CCl)N2C(=O)C(N)[C@H]2SC1.Cl. The molecule has 0 aromatic heterocycles. The van der Waals surface area contributed by atoms with Gasteiger partial charge in [0.1, 0.15) is 17.1 Å². The molecule has 0 aromatic rings. The molecule has 1 unspecified atom stereocenters. The summed E-state index contributed by atoms with van der Waals surface area (Å²) in [4.78, 5) is 25.1. The fourth-order valence-corrected chi connectivity index (χ4v) is 3.30. The molecule has 2 aliphatic heterocycles. The molecule has 0 bridgehead atoms. The highest BCUT2D eigenvalue weighted by Crippen LogP contribution is 2.40. The Morgan fingerprint density at radius 2 is 2.20 bits per heavy atom. The lowest BCUT2D eigenvalue weighted by atomic mass is 10.0. The van der Waals surface area contributed by atoms with E-state index in [1.165, 1.54) is 16.7 Å². The van der Waals surface area contributed by atoms with Crippen molar-refractivity contribution in [2.24, 2.45) is 5.73 Å². The summed E-state index contributed by atoms with van der Waals surface area (Å²) in [5.41, 5.74) is 6.55. The van der Waals surface area contributed by atoms with E-state index in [4.69, 9.17) is 45.3 Å². The maximum Gasteiger partial charge on any atom is 0.357 e. The Hall–Kier alpha value is 0.150. The highest BCUT2D eigenvalue weighted by molar-refractivity contribution is 8.00. The molecular weight excluding hydrogens is 370 g/mol. The van der Waals surface area contributed by atoms with Gasteiger partial charge in [-0.15, -0.1) is 35.8 Å². The molecule has 0 aliphatic carbocycles. The van der Waals surface area contributed by atoms with E-state index in [-0.39, 0.29) is 35.3 Å². The van der Waals surface area contributed by atoms with Crippen LogP contribution in [0.4, 0.5) is 0 Å². The molecule has 114 valence electrons. The zero-order chi connectivity index (χ0) is 14.4. The lowest BCUT2D eigenvalue weighted by molar-refractivity contribution is -0.152. The van der Waals surface area contributed by atoms with E-state index in [2.05, 4.69) is 0 Å². The summed E-state index contributed by atoms with van der Waals surface area (Å²) in [6, 6.07) is -0.592. The predicted molar refractivity (Wildman–Crippen MR) is 82.3 cm³/mol. The highest BCUT2D eigenvalue weighted by atomic mass is 35.5. The van der Waals surface area contributed by atoms with E-state index in [0.29, 0.717) is 11.3 Å². The summed E-state index contributed by atoms with van der Waals surface area (Å²) >= 11 is 18.4. The Morgan fingerprint density at radius 3 is 2.75 bits per heavy atom. The van der Waals surface area contributed by atoms with Crippen LogP contribution >= 0.6 is 59.0 Å². The molecule has 2 atom stereocenters. The van der Waals surface area contributed by atoms with Gasteiger partial charge in [-0.2, -0.15) is 0 Å². The van der Waals surface area contributed by atoms with Crippen LogP contribution in [0.25, 0.3) is 0 Å². The number of amides is 1. The summed E-state index contributed by atoms with van der Waals surface area (Å²) < 4.78 is 3.07. The van der Waals surface area contributed by atoms with Crippen molar-refractivity contribution in [3.63, 3.8) is 0 Å². The molecule has 0 aromatic carbocycles. The summed E-state index contributed by atoms with van der Waals surface area (Å²) in [6.45, 7) is 1.74. The molecule has 0 saturated carbocycles. The number of nitrogens with two attached hydrogens (primary N) is 1. The summed E-state index contributed by atoms with van der Waals surface area (Å²) in [6.07, 6.45) is 0. The molecule has 1 saturated heterocycles. The van der Waals surface area contributed by atoms with Gasteiger partial charge in [0.05, 0.1) is 5.88 Å². The average molecular weight is 382 g/mol. The van der Waals surface area contributed by atoms with Crippen molar-refractivity contribution in [1.29, 1.82) is 0 Å². The van der Waals surface area contributed by atoms with E-state index in [1.807, 2.05) is 0 Å². The van der Waals surface area contributed by atoms with Crippen LogP contribution in [0.5, 0.6) is 0 Å². The number of thioether (sulfide) groups is 1. The number of fused-ring (bicyclic) bond motifs is 1. The Kier molecular flexibility index (Phi) is 5.92. The number of β-lactam (4-membered cyclic amide) rings is 1. The molecule has 1 amide bonds. The van der Waals surface area contributed by atoms with Crippen LogP contribution in [0.1, 0.15) is 6.92 Å². The summed E-state index contributed by atoms with van der Waals surface area (Å²) in [5.74, 6) is -0.775. The van der Waals surface area contributed by atoms with Crippen LogP contribution in [-0.4, -0.2) is 44.3 Å². The number of esters is 1. The largest absolute Gasteiger partial charge is 0.423 e. The molecule has 0 spiro atoms. The van der Waals surface area contributed by atoms with E-state index >= 15 is 0 Å². The number of ether oxygens (including phenoxy) is 1. The lowest BCUT2D eigenvalue weighted by Crippen LogP contribution is -2.68. The third-order valence-corrected chi connectivity index (χ3v) is 5.31. The Bertz CT molecular complexity index is 471. The van der Waals surface area contributed by atoms with Crippen molar-refractivity contribution >= 4 is 70.8 Å². The second-order valence-corrected chi connectivity index (χ2v) is 7.01. The fraction of sp³-hybridized carbons (Fsp3) is 0.600. The molecule has 20 heavy (non-hydrogen) atoms. The van der Waals surface area contributed by atoms with E-state index in [0.717, 1.165) is 0 Å². The monoisotopic (exact) mass is 380 g/mol. The van der Waals surface area contributed by atoms with Crippen LogP contribution in [-0.2, 0) is 14.3 Å². The number of halogens is 4. The van der Waals surface area contributed by atoms with Crippen LogP contribution in [0.15, 0.2) is 11.3 Å². The molecule has 2 N–H and O–H groups in total. The standard InChI is InChI=1S/C10H11Cl3N2O3S.ClH/c1-4-2-19-8-5(14)7(16)15(8)6(4)9(17)18-10(12,13)3-11;/h5,8H,2-3,14H2,1H3;1H/t5?,8-;/m1./s1. The van der Waals surface area contributed by atoms with Crippen molar-refractivity contribution < 1.29 is 14.3 Å². The van der Waals surface area contributed by atoms with Crippen LogP contribution < -0.4 is 5.73 Å². The highest BCUT2D eigenvalue weighted by Gasteiger charge is 2.52. The van der Waals surface area contributed by atoms with Gasteiger partial charge in [0.25, 0.3) is 4.52 Å². The van der Waals surface area contributed by atoms with Crippen LogP contribution in [0.3, 0.4) is 0 Å². The molecule has 2 aliphatic rings. The molecule has 1 fully saturated rings. The van der Waals surface area contributed by atoms with Gasteiger partial charge in [0.2, 0.25) is 5.91 Å². The number of hydrogen-bond donors (Lipinski definition) is 1.